The number of tetrazole rings is 1. The molecule has 0 spiro atoms. The van der Waals surface area contributed by atoms with E-state index in [9.17, 15) is 9.90 Å². The third kappa shape index (κ3) is 3.61. The average Bonchev–Trinajstić information content (AvgIpc) is 3.12. The molecular formula is C12H17N5O2S. The molecule has 20 heavy (non-hydrogen) atoms. The van der Waals surface area contributed by atoms with Gasteiger partial charge in [0.1, 0.15) is 12.9 Å². The summed E-state index contributed by atoms with van der Waals surface area (Å²) in [6, 6.07) is 1.78. The van der Waals surface area contributed by atoms with Crippen LogP contribution >= 0.6 is 11.3 Å². The Morgan fingerprint density at radius 3 is 3.00 bits per heavy atom. The van der Waals surface area contributed by atoms with Crippen LogP contribution in [0.25, 0.3) is 0 Å². The molecule has 0 fully saturated rings. The number of amides is 1. The van der Waals surface area contributed by atoms with Gasteiger partial charge in [-0.15, -0.1) is 5.10 Å². The van der Waals surface area contributed by atoms with E-state index >= 15 is 0 Å². The molecule has 0 aliphatic heterocycles. The zero-order chi connectivity index (χ0) is 14.4. The molecule has 2 aromatic heterocycles. The Morgan fingerprint density at radius 2 is 2.45 bits per heavy atom. The molecule has 0 aliphatic carbocycles. The molecule has 2 rings (SSSR count). The maximum absolute atomic E-state index is 12.4. The van der Waals surface area contributed by atoms with Crippen molar-refractivity contribution in [1.82, 2.24) is 25.1 Å². The molecule has 0 aromatic carbocycles. The van der Waals surface area contributed by atoms with Crippen molar-refractivity contribution in [3.63, 3.8) is 0 Å². The van der Waals surface area contributed by atoms with Crippen LogP contribution in [0.4, 0.5) is 0 Å². The Bertz CT molecular complexity index is 510. The Balaban J connectivity index is 2.10. The molecule has 0 bridgehead atoms. The number of nitrogens with zero attached hydrogens (tertiary/aromatic N) is 5. The number of carbonyl (C=O) groups is 1. The predicted molar refractivity (Wildman–Crippen MR) is 73.9 cm³/mol. The summed E-state index contributed by atoms with van der Waals surface area (Å²) < 4.78 is 1.38. The number of hydrogen-bond donors (Lipinski definition) is 1. The van der Waals surface area contributed by atoms with Crippen LogP contribution in [-0.2, 0) is 17.9 Å². The number of aliphatic hydroxyl groups excluding tert-OH is 1. The Morgan fingerprint density at radius 1 is 1.60 bits per heavy atom. The van der Waals surface area contributed by atoms with Crippen molar-refractivity contribution >= 4 is 17.2 Å². The highest BCUT2D eigenvalue weighted by atomic mass is 32.1. The van der Waals surface area contributed by atoms with E-state index in [0.717, 1.165) is 5.56 Å². The maximum Gasteiger partial charge on any atom is 0.245 e. The van der Waals surface area contributed by atoms with Crippen molar-refractivity contribution < 1.29 is 9.90 Å². The molecule has 0 radical (unpaired) electrons. The van der Waals surface area contributed by atoms with Crippen LogP contribution in [0, 0.1) is 0 Å². The minimum atomic E-state index is -0.195. The van der Waals surface area contributed by atoms with Crippen molar-refractivity contribution in [2.75, 3.05) is 6.61 Å². The molecule has 1 atom stereocenters. The summed E-state index contributed by atoms with van der Waals surface area (Å²) in [6.07, 6.45) is 2.10. The average molecular weight is 295 g/mol. The number of carbonyl (C=O) groups excluding carboxylic acids is 1. The second kappa shape index (κ2) is 7.11. The zero-order valence-corrected chi connectivity index (χ0v) is 12.0. The molecule has 0 saturated heterocycles. The van der Waals surface area contributed by atoms with Gasteiger partial charge in [-0.2, -0.15) is 11.3 Å². The van der Waals surface area contributed by atoms with Crippen molar-refractivity contribution in [3.05, 3.63) is 28.7 Å². The van der Waals surface area contributed by atoms with Gasteiger partial charge in [0.15, 0.2) is 0 Å². The van der Waals surface area contributed by atoms with Gasteiger partial charge in [-0.05, 0) is 39.2 Å². The van der Waals surface area contributed by atoms with Gasteiger partial charge >= 0.3 is 0 Å². The topological polar surface area (TPSA) is 84.1 Å². The van der Waals surface area contributed by atoms with Gasteiger partial charge in [0.2, 0.25) is 5.91 Å². The maximum atomic E-state index is 12.4. The van der Waals surface area contributed by atoms with E-state index in [-0.39, 0.29) is 25.1 Å². The minimum Gasteiger partial charge on any atom is -0.394 e. The smallest absolute Gasteiger partial charge is 0.245 e. The minimum absolute atomic E-state index is 0.0536. The largest absolute Gasteiger partial charge is 0.394 e. The summed E-state index contributed by atoms with van der Waals surface area (Å²) in [6.45, 7) is 2.46. The van der Waals surface area contributed by atoms with E-state index in [1.807, 2.05) is 23.8 Å². The fraction of sp³-hybridized carbons (Fsp3) is 0.500. The molecule has 7 nitrogen and oxygen atoms in total. The van der Waals surface area contributed by atoms with Crippen LogP contribution in [0.3, 0.4) is 0 Å². The lowest BCUT2D eigenvalue weighted by atomic mass is 10.1. The molecule has 2 heterocycles. The normalized spacial score (nSPS) is 12.3. The monoisotopic (exact) mass is 295 g/mol. The fourth-order valence-electron chi connectivity index (χ4n) is 1.93. The van der Waals surface area contributed by atoms with Crippen LogP contribution < -0.4 is 0 Å². The molecule has 1 N–H and O–H groups in total. The van der Waals surface area contributed by atoms with Crippen molar-refractivity contribution in [2.45, 2.75) is 32.5 Å². The number of aliphatic hydroxyl groups is 1. The second-order valence-corrected chi connectivity index (χ2v) is 5.19. The first-order valence-corrected chi connectivity index (χ1v) is 7.31. The van der Waals surface area contributed by atoms with E-state index < -0.39 is 0 Å². The van der Waals surface area contributed by atoms with Gasteiger partial charge in [0.25, 0.3) is 0 Å². The highest BCUT2D eigenvalue weighted by Gasteiger charge is 2.22. The number of aromatic nitrogens is 4. The summed E-state index contributed by atoms with van der Waals surface area (Å²) >= 11 is 1.59. The van der Waals surface area contributed by atoms with Gasteiger partial charge in [0.05, 0.1) is 12.6 Å². The molecule has 2 aromatic rings. The lowest BCUT2D eigenvalue weighted by Crippen LogP contribution is -2.43. The Hall–Kier alpha value is -1.80. The highest BCUT2D eigenvalue weighted by molar-refractivity contribution is 7.07. The predicted octanol–water partition coefficient (Wildman–Crippen LogP) is 0.534. The van der Waals surface area contributed by atoms with E-state index in [2.05, 4.69) is 15.5 Å². The van der Waals surface area contributed by atoms with Gasteiger partial charge in [-0.3, -0.25) is 4.79 Å². The highest BCUT2D eigenvalue weighted by Crippen LogP contribution is 2.14. The van der Waals surface area contributed by atoms with Crippen LogP contribution in [0.1, 0.15) is 18.9 Å². The van der Waals surface area contributed by atoms with Crippen LogP contribution in [0.2, 0.25) is 0 Å². The van der Waals surface area contributed by atoms with Crippen molar-refractivity contribution in [2.24, 2.45) is 0 Å². The molecule has 1 unspecified atom stereocenters. The van der Waals surface area contributed by atoms with Crippen LogP contribution in [0.15, 0.2) is 23.2 Å². The first-order chi connectivity index (χ1) is 9.74. The Labute approximate surface area is 120 Å². The summed E-state index contributed by atoms with van der Waals surface area (Å²) in [7, 11) is 0. The number of rotatable bonds is 7. The molecule has 108 valence electrons. The lowest BCUT2D eigenvalue weighted by Gasteiger charge is -2.29. The molecule has 0 saturated carbocycles. The zero-order valence-electron chi connectivity index (χ0n) is 11.2. The standard InChI is InChI=1S/C12H17N5O2S/c1-2-11(7-18)17(5-10-3-4-20-8-10)12(19)6-16-9-13-14-15-16/h3-4,8-9,11,18H,2,5-7H2,1H3. The van der Waals surface area contributed by atoms with Gasteiger partial charge in [-0.25, -0.2) is 4.68 Å². The van der Waals surface area contributed by atoms with Gasteiger partial charge in [0, 0.05) is 6.54 Å². The van der Waals surface area contributed by atoms with E-state index in [1.165, 1.54) is 11.0 Å². The summed E-state index contributed by atoms with van der Waals surface area (Å²) in [5.74, 6) is -0.107. The van der Waals surface area contributed by atoms with E-state index in [4.69, 9.17) is 0 Å². The molecule has 8 heteroatoms. The first kappa shape index (κ1) is 14.6. The SMILES string of the molecule is CCC(CO)N(Cc1ccsc1)C(=O)Cn1cnnn1. The summed E-state index contributed by atoms with van der Waals surface area (Å²) in [4.78, 5) is 14.1. The third-order valence-electron chi connectivity index (χ3n) is 3.06. The van der Waals surface area contributed by atoms with Crippen molar-refractivity contribution in [1.29, 1.82) is 0 Å². The van der Waals surface area contributed by atoms with Gasteiger partial charge < -0.3 is 10.0 Å². The lowest BCUT2D eigenvalue weighted by molar-refractivity contribution is -0.136. The van der Waals surface area contributed by atoms with Crippen LogP contribution in [0.5, 0.6) is 0 Å². The molecule has 1 amide bonds. The van der Waals surface area contributed by atoms with E-state index in [1.54, 1.807) is 16.2 Å². The number of thiophene rings is 1. The van der Waals surface area contributed by atoms with Crippen LogP contribution in [-0.4, -0.2) is 48.8 Å². The van der Waals surface area contributed by atoms with E-state index in [0.29, 0.717) is 13.0 Å². The van der Waals surface area contributed by atoms with Gasteiger partial charge in [-0.1, -0.05) is 6.92 Å². The number of hydrogen-bond acceptors (Lipinski definition) is 6. The third-order valence-corrected chi connectivity index (χ3v) is 3.80. The fourth-order valence-corrected chi connectivity index (χ4v) is 2.59. The molecular weight excluding hydrogens is 278 g/mol. The van der Waals surface area contributed by atoms with Crippen molar-refractivity contribution in [3.8, 4) is 0 Å². The Kier molecular flexibility index (Phi) is 5.19. The quantitative estimate of drug-likeness (QED) is 0.805. The molecule has 0 aliphatic rings. The second-order valence-electron chi connectivity index (χ2n) is 4.41. The summed E-state index contributed by atoms with van der Waals surface area (Å²) in [5, 5.41) is 24.1. The summed E-state index contributed by atoms with van der Waals surface area (Å²) in [5.41, 5.74) is 1.06. The first-order valence-electron chi connectivity index (χ1n) is 6.36.